The third kappa shape index (κ3) is 3.32. The summed E-state index contributed by atoms with van der Waals surface area (Å²) >= 11 is 0. The van der Waals surface area contributed by atoms with Crippen LogP contribution >= 0.6 is 0 Å². The van der Waals surface area contributed by atoms with E-state index < -0.39 is 0 Å². The van der Waals surface area contributed by atoms with Gasteiger partial charge in [-0.3, -0.25) is 0 Å². The van der Waals surface area contributed by atoms with Gasteiger partial charge in [0, 0.05) is 6.54 Å². The summed E-state index contributed by atoms with van der Waals surface area (Å²) in [7, 11) is 2.93. The van der Waals surface area contributed by atoms with E-state index in [4.69, 9.17) is 14.7 Å². The Bertz CT molecular complexity index is 617. The average Bonchev–Trinajstić information content (AvgIpc) is 2.52. The van der Waals surface area contributed by atoms with Crippen molar-refractivity contribution in [1.82, 2.24) is 15.0 Å². The van der Waals surface area contributed by atoms with E-state index in [0.717, 1.165) is 5.56 Å². The summed E-state index contributed by atoms with van der Waals surface area (Å²) in [4.78, 5) is 12.0. The first kappa shape index (κ1) is 13.5. The van der Waals surface area contributed by atoms with Gasteiger partial charge in [-0.2, -0.15) is 15.2 Å². The van der Waals surface area contributed by atoms with Gasteiger partial charge in [0.1, 0.15) is 0 Å². The second kappa shape index (κ2) is 6.33. The summed E-state index contributed by atoms with van der Waals surface area (Å²) in [6.07, 6.45) is 0. The van der Waals surface area contributed by atoms with E-state index in [1.165, 1.54) is 14.2 Å². The number of benzene rings is 1. The van der Waals surface area contributed by atoms with Crippen molar-refractivity contribution in [3.8, 4) is 18.1 Å². The van der Waals surface area contributed by atoms with Crippen LogP contribution in [0.1, 0.15) is 11.1 Å². The molecule has 2 aromatic rings. The smallest absolute Gasteiger partial charge is 0.324 e. The molecule has 1 N–H and O–H groups in total. The Morgan fingerprint density at radius 3 is 2.45 bits per heavy atom. The van der Waals surface area contributed by atoms with Crippen LogP contribution in [0.5, 0.6) is 12.0 Å². The molecule has 20 heavy (non-hydrogen) atoms. The number of nitriles is 1. The van der Waals surface area contributed by atoms with Crippen molar-refractivity contribution < 1.29 is 9.47 Å². The molecule has 0 bridgehead atoms. The minimum Gasteiger partial charge on any atom is -0.467 e. The molecule has 102 valence electrons. The van der Waals surface area contributed by atoms with Gasteiger partial charge in [-0.05, 0) is 17.7 Å². The second-order valence-corrected chi connectivity index (χ2v) is 3.80. The number of aromatic nitrogens is 3. The van der Waals surface area contributed by atoms with Crippen LogP contribution in [-0.4, -0.2) is 29.2 Å². The zero-order chi connectivity index (χ0) is 14.4. The van der Waals surface area contributed by atoms with Gasteiger partial charge in [-0.1, -0.05) is 12.1 Å². The van der Waals surface area contributed by atoms with Gasteiger partial charge in [0.05, 0.1) is 25.9 Å². The standard InChI is InChI=1S/C13H13N5O2/c1-19-12-16-11(17-13(18-12)20-2)15-8-10-5-3-4-9(6-10)7-14/h3-6H,8H2,1-2H3,(H,15,16,17,18). The predicted octanol–water partition coefficient (Wildman–Crippen LogP) is 1.37. The molecule has 1 aromatic carbocycles. The first-order valence-electron chi connectivity index (χ1n) is 5.82. The van der Waals surface area contributed by atoms with Crippen molar-refractivity contribution in [2.75, 3.05) is 19.5 Å². The summed E-state index contributed by atoms with van der Waals surface area (Å²) in [6, 6.07) is 9.71. The number of methoxy groups -OCH3 is 2. The molecule has 0 aliphatic rings. The van der Waals surface area contributed by atoms with Gasteiger partial charge < -0.3 is 14.8 Å². The first-order chi connectivity index (χ1) is 9.75. The quantitative estimate of drug-likeness (QED) is 0.877. The fraction of sp³-hybridized carbons (Fsp3) is 0.231. The van der Waals surface area contributed by atoms with Gasteiger partial charge in [-0.15, -0.1) is 4.98 Å². The lowest BCUT2D eigenvalue weighted by atomic mass is 10.1. The zero-order valence-electron chi connectivity index (χ0n) is 11.1. The van der Waals surface area contributed by atoms with Crippen LogP contribution in [0.3, 0.4) is 0 Å². The molecule has 0 amide bonds. The van der Waals surface area contributed by atoms with E-state index in [-0.39, 0.29) is 12.0 Å². The van der Waals surface area contributed by atoms with Crippen molar-refractivity contribution in [2.45, 2.75) is 6.54 Å². The van der Waals surface area contributed by atoms with E-state index in [1.807, 2.05) is 12.1 Å². The number of anilines is 1. The minimum atomic E-state index is 0.171. The van der Waals surface area contributed by atoms with Crippen LogP contribution in [0.25, 0.3) is 0 Å². The third-order valence-electron chi connectivity index (χ3n) is 2.47. The van der Waals surface area contributed by atoms with Crippen molar-refractivity contribution in [1.29, 1.82) is 5.26 Å². The van der Waals surface area contributed by atoms with Crippen LogP contribution in [0.4, 0.5) is 5.95 Å². The monoisotopic (exact) mass is 271 g/mol. The summed E-state index contributed by atoms with van der Waals surface area (Å²) in [5, 5.41) is 11.9. The maximum atomic E-state index is 8.85. The molecule has 1 heterocycles. The van der Waals surface area contributed by atoms with E-state index in [1.54, 1.807) is 12.1 Å². The molecule has 0 atom stereocenters. The Morgan fingerprint density at radius 1 is 1.15 bits per heavy atom. The zero-order valence-corrected chi connectivity index (χ0v) is 11.1. The molecule has 7 heteroatoms. The number of nitrogens with zero attached hydrogens (tertiary/aromatic N) is 4. The molecule has 1 aromatic heterocycles. The Balaban J connectivity index is 2.12. The number of hydrogen-bond donors (Lipinski definition) is 1. The lowest BCUT2D eigenvalue weighted by Gasteiger charge is -2.07. The Labute approximate surface area is 116 Å². The summed E-state index contributed by atoms with van der Waals surface area (Å²) < 4.78 is 9.92. The van der Waals surface area contributed by atoms with E-state index in [2.05, 4.69) is 26.3 Å². The summed E-state index contributed by atoms with van der Waals surface area (Å²) in [6.45, 7) is 0.478. The molecule has 7 nitrogen and oxygen atoms in total. The highest BCUT2D eigenvalue weighted by molar-refractivity contribution is 5.35. The van der Waals surface area contributed by atoms with Crippen LogP contribution in [-0.2, 0) is 6.54 Å². The fourth-order valence-electron chi connectivity index (χ4n) is 1.53. The van der Waals surface area contributed by atoms with Crippen molar-refractivity contribution >= 4 is 5.95 Å². The van der Waals surface area contributed by atoms with Crippen molar-refractivity contribution in [2.24, 2.45) is 0 Å². The number of rotatable bonds is 5. The van der Waals surface area contributed by atoms with Crippen molar-refractivity contribution in [3.63, 3.8) is 0 Å². The molecule has 0 saturated heterocycles. The highest BCUT2D eigenvalue weighted by atomic mass is 16.5. The normalized spacial score (nSPS) is 9.65. The highest BCUT2D eigenvalue weighted by Gasteiger charge is 2.06. The first-order valence-corrected chi connectivity index (χ1v) is 5.82. The Hall–Kier alpha value is -2.88. The van der Waals surface area contributed by atoms with Crippen molar-refractivity contribution in [3.05, 3.63) is 35.4 Å². The Morgan fingerprint density at radius 2 is 1.85 bits per heavy atom. The van der Waals surface area contributed by atoms with Gasteiger partial charge >= 0.3 is 12.0 Å². The maximum Gasteiger partial charge on any atom is 0.324 e. The van der Waals surface area contributed by atoms with E-state index >= 15 is 0 Å². The highest BCUT2D eigenvalue weighted by Crippen LogP contribution is 2.13. The molecular weight excluding hydrogens is 258 g/mol. The van der Waals surface area contributed by atoms with Crippen LogP contribution in [0.15, 0.2) is 24.3 Å². The lowest BCUT2D eigenvalue weighted by molar-refractivity contribution is 0.341. The lowest BCUT2D eigenvalue weighted by Crippen LogP contribution is -2.07. The number of ether oxygens (including phenoxy) is 2. The molecule has 0 fully saturated rings. The molecule has 0 unspecified atom stereocenters. The number of nitrogens with one attached hydrogen (secondary N) is 1. The topological polar surface area (TPSA) is 93.0 Å². The van der Waals surface area contributed by atoms with Gasteiger partial charge in [-0.25, -0.2) is 0 Å². The molecule has 0 aliphatic carbocycles. The van der Waals surface area contributed by atoms with Crippen LogP contribution in [0.2, 0.25) is 0 Å². The predicted molar refractivity (Wildman–Crippen MR) is 71.4 cm³/mol. The van der Waals surface area contributed by atoms with Gasteiger partial charge in [0.25, 0.3) is 0 Å². The molecule has 0 spiro atoms. The minimum absolute atomic E-state index is 0.171. The Kier molecular flexibility index (Phi) is 4.29. The molecule has 0 aliphatic heterocycles. The second-order valence-electron chi connectivity index (χ2n) is 3.80. The summed E-state index contributed by atoms with van der Waals surface area (Å²) in [5.74, 6) is 0.344. The van der Waals surface area contributed by atoms with Crippen LogP contribution in [0, 0.1) is 11.3 Å². The number of hydrogen-bond acceptors (Lipinski definition) is 7. The molecule has 2 rings (SSSR count). The third-order valence-corrected chi connectivity index (χ3v) is 2.47. The molecular formula is C13H13N5O2. The SMILES string of the molecule is COc1nc(NCc2cccc(C#N)c2)nc(OC)n1. The maximum absolute atomic E-state index is 8.85. The summed E-state index contributed by atoms with van der Waals surface area (Å²) in [5.41, 5.74) is 1.55. The van der Waals surface area contributed by atoms with Crippen LogP contribution < -0.4 is 14.8 Å². The molecule has 0 saturated carbocycles. The van der Waals surface area contributed by atoms with Gasteiger partial charge in [0.2, 0.25) is 5.95 Å². The average molecular weight is 271 g/mol. The fourth-order valence-corrected chi connectivity index (χ4v) is 1.53. The van der Waals surface area contributed by atoms with E-state index in [9.17, 15) is 0 Å². The van der Waals surface area contributed by atoms with E-state index in [0.29, 0.717) is 18.1 Å². The molecule has 0 radical (unpaired) electrons. The van der Waals surface area contributed by atoms with Gasteiger partial charge in [0.15, 0.2) is 0 Å². The largest absolute Gasteiger partial charge is 0.467 e.